The number of ether oxygens (including phenoxy) is 2. The lowest BCUT2D eigenvalue weighted by molar-refractivity contribution is -0.134. The Kier molecular flexibility index (Phi) is 9.35. The molecule has 0 radical (unpaired) electrons. The lowest BCUT2D eigenvalue weighted by Crippen LogP contribution is -2.40. The highest BCUT2D eigenvalue weighted by Gasteiger charge is 2.20. The van der Waals surface area contributed by atoms with Gasteiger partial charge in [0.2, 0.25) is 0 Å². The van der Waals surface area contributed by atoms with Gasteiger partial charge in [0, 0.05) is 37.7 Å². The maximum Gasteiger partial charge on any atom is 0.339 e. The monoisotopic (exact) mass is 524 g/mol. The zero-order chi connectivity index (χ0) is 22.9. The Balaban J connectivity index is 1.66. The molecular formula is C23H26BrClN2O5. The smallest absolute Gasteiger partial charge is 0.339 e. The maximum atomic E-state index is 13.1. The molecule has 1 fully saturated rings. The van der Waals surface area contributed by atoms with Crippen LogP contribution in [-0.2, 0) is 16.1 Å². The number of rotatable bonds is 10. The third-order valence-corrected chi connectivity index (χ3v) is 6.02. The van der Waals surface area contributed by atoms with Crippen LogP contribution in [0.5, 0.6) is 5.75 Å². The van der Waals surface area contributed by atoms with E-state index in [0.717, 1.165) is 44.8 Å². The Morgan fingerprint density at radius 3 is 2.66 bits per heavy atom. The summed E-state index contributed by atoms with van der Waals surface area (Å²) in [6.07, 6.45) is 0.807. The molecule has 0 aliphatic carbocycles. The van der Waals surface area contributed by atoms with E-state index in [-0.39, 0.29) is 23.8 Å². The Labute approximate surface area is 201 Å². The van der Waals surface area contributed by atoms with Gasteiger partial charge in [-0.3, -0.25) is 9.69 Å². The zero-order valence-corrected chi connectivity index (χ0v) is 20.0. The van der Waals surface area contributed by atoms with Crippen molar-refractivity contribution in [3.05, 3.63) is 63.1 Å². The van der Waals surface area contributed by atoms with Crippen LogP contribution >= 0.6 is 27.5 Å². The molecule has 1 N–H and O–H groups in total. The van der Waals surface area contributed by atoms with Crippen molar-refractivity contribution in [2.75, 3.05) is 46.0 Å². The molecule has 0 saturated carbocycles. The molecule has 0 unspecified atom stereocenters. The molecule has 2 aromatic rings. The number of amides is 1. The predicted molar refractivity (Wildman–Crippen MR) is 125 cm³/mol. The average molecular weight is 526 g/mol. The number of carbonyl (C=O) groups excluding carboxylic acids is 1. The molecule has 2 aromatic carbocycles. The fraction of sp³-hybridized carbons (Fsp3) is 0.391. The van der Waals surface area contributed by atoms with Crippen molar-refractivity contribution in [2.24, 2.45) is 0 Å². The minimum Gasteiger partial charge on any atom is -0.482 e. The lowest BCUT2D eigenvalue weighted by atomic mass is 10.2. The van der Waals surface area contributed by atoms with Gasteiger partial charge in [-0.2, -0.15) is 0 Å². The number of carbonyl (C=O) groups is 2. The summed E-state index contributed by atoms with van der Waals surface area (Å²) in [5, 5.41) is 10.0. The topological polar surface area (TPSA) is 79.3 Å². The molecule has 0 atom stereocenters. The highest BCUT2D eigenvalue weighted by atomic mass is 79.9. The van der Waals surface area contributed by atoms with E-state index in [4.69, 9.17) is 21.1 Å². The fourth-order valence-corrected chi connectivity index (χ4v) is 4.20. The third kappa shape index (κ3) is 7.20. The highest BCUT2D eigenvalue weighted by Crippen LogP contribution is 2.29. The maximum absolute atomic E-state index is 13.1. The number of carboxylic acid groups (broad SMARTS) is 1. The van der Waals surface area contributed by atoms with Crippen LogP contribution < -0.4 is 4.74 Å². The minimum absolute atomic E-state index is 0.000818. The number of nitrogens with zero attached hydrogens (tertiary/aromatic N) is 2. The van der Waals surface area contributed by atoms with Crippen LogP contribution in [0.25, 0.3) is 0 Å². The molecule has 1 heterocycles. The van der Waals surface area contributed by atoms with E-state index in [2.05, 4.69) is 20.8 Å². The summed E-state index contributed by atoms with van der Waals surface area (Å²) in [7, 11) is 0. The zero-order valence-electron chi connectivity index (χ0n) is 17.6. The van der Waals surface area contributed by atoms with Gasteiger partial charge < -0.3 is 19.5 Å². The Bertz CT molecular complexity index is 936. The van der Waals surface area contributed by atoms with E-state index < -0.39 is 5.97 Å². The molecule has 0 bridgehead atoms. The molecule has 1 amide bonds. The van der Waals surface area contributed by atoms with Gasteiger partial charge in [0.05, 0.1) is 17.7 Å². The number of benzene rings is 2. The molecule has 32 heavy (non-hydrogen) atoms. The van der Waals surface area contributed by atoms with Gasteiger partial charge in [-0.05, 0) is 52.2 Å². The molecule has 1 aliphatic rings. The summed E-state index contributed by atoms with van der Waals surface area (Å²) in [6, 6.07) is 12.1. The minimum atomic E-state index is -1.12. The van der Waals surface area contributed by atoms with Gasteiger partial charge in [0.15, 0.2) is 6.61 Å². The summed E-state index contributed by atoms with van der Waals surface area (Å²) in [6.45, 7) is 4.81. The normalized spacial score (nSPS) is 14.2. The average Bonchev–Trinajstić information content (AvgIpc) is 2.78. The van der Waals surface area contributed by atoms with Gasteiger partial charge in [-0.15, -0.1) is 0 Å². The van der Waals surface area contributed by atoms with Gasteiger partial charge in [0.1, 0.15) is 11.3 Å². The van der Waals surface area contributed by atoms with Gasteiger partial charge in [-0.25, -0.2) is 4.79 Å². The standard InChI is InChI=1S/C23H26BrClN2O5/c24-20-7-2-6-19(23(29)30)22(20)32-16-21(28)27(15-17-4-1-5-18(25)14-17)9-3-8-26-10-12-31-13-11-26/h1-2,4-7,14H,3,8-13,15-16H2,(H,29,30). The Hall–Kier alpha value is -2.13. The second-order valence-electron chi connectivity index (χ2n) is 7.46. The van der Waals surface area contributed by atoms with Crippen LogP contribution in [0.3, 0.4) is 0 Å². The van der Waals surface area contributed by atoms with Crippen molar-refractivity contribution in [3.8, 4) is 5.75 Å². The van der Waals surface area contributed by atoms with E-state index in [1.54, 1.807) is 23.1 Å². The largest absolute Gasteiger partial charge is 0.482 e. The molecule has 1 aliphatic heterocycles. The van der Waals surface area contributed by atoms with Crippen LogP contribution in [0.1, 0.15) is 22.3 Å². The number of hydrogen-bond donors (Lipinski definition) is 1. The van der Waals surface area contributed by atoms with E-state index in [1.807, 2.05) is 18.2 Å². The van der Waals surface area contributed by atoms with Crippen LogP contribution in [0, 0.1) is 0 Å². The van der Waals surface area contributed by atoms with Crippen molar-refractivity contribution in [3.63, 3.8) is 0 Å². The Morgan fingerprint density at radius 1 is 1.19 bits per heavy atom. The summed E-state index contributed by atoms with van der Waals surface area (Å²) >= 11 is 9.42. The van der Waals surface area contributed by atoms with Crippen molar-refractivity contribution in [1.82, 2.24) is 9.80 Å². The summed E-state index contributed by atoms with van der Waals surface area (Å²) < 4.78 is 11.5. The molecule has 172 valence electrons. The molecule has 0 spiro atoms. The van der Waals surface area contributed by atoms with Crippen molar-refractivity contribution in [1.29, 1.82) is 0 Å². The molecule has 9 heteroatoms. The quantitative estimate of drug-likeness (QED) is 0.506. The first kappa shape index (κ1) is 24.5. The van der Waals surface area contributed by atoms with Crippen LogP contribution in [0.4, 0.5) is 0 Å². The number of hydrogen-bond acceptors (Lipinski definition) is 5. The summed E-state index contributed by atoms with van der Waals surface area (Å²) in [5.41, 5.74) is 0.922. The molecule has 7 nitrogen and oxygen atoms in total. The first-order valence-corrected chi connectivity index (χ1v) is 11.6. The van der Waals surface area contributed by atoms with E-state index >= 15 is 0 Å². The van der Waals surface area contributed by atoms with Crippen LogP contribution in [-0.4, -0.2) is 72.8 Å². The number of para-hydroxylation sites is 1. The molecule has 3 rings (SSSR count). The SMILES string of the molecule is O=C(O)c1cccc(Br)c1OCC(=O)N(CCCN1CCOCC1)Cc1cccc(Cl)c1. The Morgan fingerprint density at radius 2 is 1.94 bits per heavy atom. The van der Waals surface area contributed by atoms with Crippen LogP contribution in [0.2, 0.25) is 5.02 Å². The molecule has 1 saturated heterocycles. The van der Waals surface area contributed by atoms with E-state index in [0.29, 0.717) is 22.6 Å². The lowest BCUT2D eigenvalue weighted by Gasteiger charge is -2.28. The van der Waals surface area contributed by atoms with Crippen molar-refractivity contribution in [2.45, 2.75) is 13.0 Å². The molecular weight excluding hydrogens is 500 g/mol. The van der Waals surface area contributed by atoms with Crippen LogP contribution in [0.15, 0.2) is 46.9 Å². The third-order valence-electron chi connectivity index (χ3n) is 5.16. The number of halogens is 2. The van der Waals surface area contributed by atoms with E-state index in [9.17, 15) is 14.7 Å². The number of morpholine rings is 1. The number of aromatic carboxylic acids is 1. The summed E-state index contributed by atoms with van der Waals surface area (Å²) in [4.78, 5) is 28.6. The van der Waals surface area contributed by atoms with Gasteiger partial charge >= 0.3 is 5.97 Å². The first-order valence-electron chi connectivity index (χ1n) is 10.4. The molecule has 0 aromatic heterocycles. The number of carboxylic acids is 1. The predicted octanol–water partition coefficient (Wildman–Crippen LogP) is 3.93. The summed E-state index contributed by atoms with van der Waals surface area (Å²) in [5.74, 6) is -1.20. The second-order valence-corrected chi connectivity index (χ2v) is 8.75. The van der Waals surface area contributed by atoms with E-state index in [1.165, 1.54) is 6.07 Å². The van der Waals surface area contributed by atoms with Crippen molar-refractivity contribution < 1.29 is 24.2 Å². The highest BCUT2D eigenvalue weighted by molar-refractivity contribution is 9.10. The van der Waals surface area contributed by atoms with Crippen molar-refractivity contribution >= 4 is 39.4 Å². The first-order chi connectivity index (χ1) is 15.4. The van der Waals surface area contributed by atoms with Gasteiger partial charge in [-0.1, -0.05) is 29.8 Å². The second kappa shape index (κ2) is 12.2. The van der Waals surface area contributed by atoms with Gasteiger partial charge in [0.25, 0.3) is 5.91 Å². The fourth-order valence-electron chi connectivity index (χ4n) is 3.51.